The van der Waals surface area contributed by atoms with Crippen LogP contribution in [0.3, 0.4) is 0 Å². The molecular weight excluding hydrogens is 310 g/mol. The summed E-state index contributed by atoms with van der Waals surface area (Å²) in [7, 11) is 0. The lowest BCUT2D eigenvalue weighted by Crippen LogP contribution is -2.45. The molecule has 1 heterocycles. The molecule has 24 heavy (non-hydrogen) atoms. The van der Waals surface area contributed by atoms with Crippen LogP contribution in [-0.4, -0.2) is 26.0 Å². The highest BCUT2D eigenvalue weighted by Crippen LogP contribution is 2.70. The normalized spacial score (nSPS) is 29.6. The molecule has 0 radical (unpaired) electrons. The molecule has 0 spiro atoms. The molecule has 1 aromatic heterocycles. The third-order valence-corrected chi connectivity index (χ3v) is 6.60. The van der Waals surface area contributed by atoms with E-state index in [2.05, 4.69) is 16.9 Å². The molecule has 124 valence electrons. The number of non-ortho nitro benzene ring substituents is 1. The van der Waals surface area contributed by atoms with Crippen molar-refractivity contribution in [1.29, 1.82) is 0 Å². The minimum atomic E-state index is -1.09. The van der Waals surface area contributed by atoms with Crippen molar-refractivity contribution in [3.63, 3.8) is 0 Å². The Balaban J connectivity index is 2.08. The van der Waals surface area contributed by atoms with Crippen LogP contribution < -0.4 is 0 Å². The predicted molar refractivity (Wildman–Crippen MR) is 85.9 cm³/mol. The van der Waals surface area contributed by atoms with Crippen molar-refractivity contribution >= 4 is 22.7 Å². The van der Waals surface area contributed by atoms with E-state index in [0.29, 0.717) is 23.1 Å². The van der Waals surface area contributed by atoms with Gasteiger partial charge in [0.2, 0.25) is 0 Å². The summed E-state index contributed by atoms with van der Waals surface area (Å²) in [5.41, 5.74) is 0.0587. The molecule has 1 N–H and O–H groups in total. The number of hydrogen-bond donors (Lipinski definition) is 1. The first-order valence-electron chi connectivity index (χ1n) is 7.86. The van der Waals surface area contributed by atoms with Gasteiger partial charge in [-0.05, 0) is 24.3 Å². The molecule has 2 aliphatic rings. The topological polar surface area (TPSA) is 106 Å². The van der Waals surface area contributed by atoms with E-state index in [1.165, 1.54) is 12.1 Å². The largest absolute Gasteiger partial charge is 0.481 e. The van der Waals surface area contributed by atoms with Crippen LogP contribution in [0.25, 0.3) is 11.0 Å². The van der Waals surface area contributed by atoms with Crippen LogP contribution in [0, 0.1) is 15.5 Å². The number of fused-ring (bicyclic) bond motifs is 6. The van der Waals surface area contributed by atoms with E-state index < -0.39 is 21.7 Å². The molecule has 7 nitrogen and oxygen atoms in total. The van der Waals surface area contributed by atoms with Crippen LogP contribution in [0.2, 0.25) is 0 Å². The van der Waals surface area contributed by atoms with Gasteiger partial charge < -0.3 is 5.11 Å². The number of aromatic nitrogens is 2. The maximum atomic E-state index is 12.2. The Morgan fingerprint density at radius 1 is 1.17 bits per heavy atom. The summed E-state index contributed by atoms with van der Waals surface area (Å²) in [4.78, 5) is 32.0. The highest BCUT2D eigenvalue weighted by molar-refractivity contribution is 5.88. The SMILES string of the molecule is CC1(C)[C@]2(C)CC[C@@]1(C(=O)O)c1nc3cc([N+](=O)[O-])ccc3nc12. The Bertz CT molecular complexity index is 939. The lowest BCUT2D eigenvalue weighted by Gasteiger charge is -2.37. The second-order valence-electron chi connectivity index (χ2n) is 7.52. The van der Waals surface area contributed by atoms with Gasteiger partial charge in [0.05, 0.1) is 27.3 Å². The van der Waals surface area contributed by atoms with Crippen LogP contribution in [0.4, 0.5) is 5.69 Å². The molecule has 2 aromatic rings. The second kappa shape index (κ2) is 4.09. The van der Waals surface area contributed by atoms with Gasteiger partial charge in [0.15, 0.2) is 0 Å². The molecule has 7 heteroatoms. The Morgan fingerprint density at radius 2 is 1.83 bits per heavy atom. The molecule has 2 atom stereocenters. The zero-order chi connectivity index (χ0) is 17.5. The van der Waals surface area contributed by atoms with Crippen molar-refractivity contribution in [3.05, 3.63) is 39.7 Å². The lowest BCUT2D eigenvalue weighted by molar-refractivity contribution is -0.384. The van der Waals surface area contributed by atoms with E-state index in [-0.39, 0.29) is 11.1 Å². The number of nitro groups is 1. The molecule has 0 amide bonds. The molecule has 1 fully saturated rings. The van der Waals surface area contributed by atoms with E-state index in [9.17, 15) is 20.0 Å². The summed E-state index contributed by atoms with van der Waals surface area (Å²) in [6.45, 7) is 5.98. The number of carboxylic acids is 1. The van der Waals surface area contributed by atoms with Crippen LogP contribution in [0.15, 0.2) is 18.2 Å². The predicted octanol–water partition coefficient (Wildman–Crippen LogP) is 2.95. The number of rotatable bonds is 2. The van der Waals surface area contributed by atoms with E-state index in [0.717, 1.165) is 12.1 Å². The zero-order valence-corrected chi connectivity index (χ0v) is 13.7. The van der Waals surface area contributed by atoms with Gasteiger partial charge in [0, 0.05) is 17.5 Å². The number of nitro benzene ring substituents is 1. The fraction of sp³-hybridized carbons (Fsp3) is 0.471. The first-order chi connectivity index (χ1) is 11.1. The molecule has 0 saturated heterocycles. The Morgan fingerprint density at radius 3 is 2.46 bits per heavy atom. The third kappa shape index (κ3) is 1.37. The standard InChI is InChI=1S/C17H17N3O4/c1-15(2)16(3)6-7-17(15,14(21)22)13-12(16)18-10-5-4-9(20(23)24)8-11(10)19-13/h4-5,8H,6-7H2,1-3H3,(H,21,22)/t16-,17+/m1/s1. The Labute approximate surface area is 137 Å². The van der Waals surface area contributed by atoms with E-state index in [1.807, 2.05) is 13.8 Å². The van der Waals surface area contributed by atoms with Gasteiger partial charge in [-0.2, -0.15) is 0 Å². The maximum Gasteiger partial charge on any atom is 0.316 e. The molecular formula is C17H17N3O4. The molecule has 2 aliphatic carbocycles. The van der Waals surface area contributed by atoms with E-state index in [1.54, 1.807) is 6.07 Å². The van der Waals surface area contributed by atoms with Crippen molar-refractivity contribution < 1.29 is 14.8 Å². The van der Waals surface area contributed by atoms with E-state index >= 15 is 0 Å². The molecule has 0 aliphatic heterocycles. The number of benzene rings is 1. The van der Waals surface area contributed by atoms with Crippen LogP contribution in [-0.2, 0) is 15.6 Å². The van der Waals surface area contributed by atoms with Gasteiger partial charge in [0.1, 0.15) is 5.41 Å². The number of aliphatic carboxylic acids is 1. The summed E-state index contributed by atoms with van der Waals surface area (Å²) in [6, 6.07) is 4.34. The molecule has 1 saturated carbocycles. The number of carbonyl (C=O) groups is 1. The molecule has 2 bridgehead atoms. The van der Waals surface area contributed by atoms with Gasteiger partial charge in [-0.15, -0.1) is 0 Å². The lowest BCUT2D eigenvalue weighted by atomic mass is 9.64. The van der Waals surface area contributed by atoms with Crippen molar-refractivity contribution in [2.45, 2.75) is 44.4 Å². The summed E-state index contributed by atoms with van der Waals surface area (Å²) >= 11 is 0. The van der Waals surface area contributed by atoms with Crippen LogP contribution in [0.5, 0.6) is 0 Å². The van der Waals surface area contributed by atoms with Gasteiger partial charge in [-0.1, -0.05) is 20.8 Å². The van der Waals surface area contributed by atoms with Gasteiger partial charge in [-0.3, -0.25) is 14.9 Å². The molecule has 4 rings (SSSR count). The Kier molecular flexibility index (Phi) is 2.55. The fourth-order valence-corrected chi connectivity index (χ4v) is 4.68. The van der Waals surface area contributed by atoms with Crippen molar-refractivity contribution in [1.82, 2.24) is 9.97 Å². The van der Waals surface area contributed by atoms with E-state index in [4.69, 9.17) is 0 Å². The summed E-state index contributed by atoms with van der Waals surface area (Å²) in [6.07, 6.45) is 1.25. The smallest absolute Gasteiger partial charge is 0.316 e. The van der Waals surface area contributed by atoms with Gasteiger partial charge in [-0.25, -0.2) is 9.97 Å². The number of nitrogens with zero attached hydrogens (tertiary/aromatic N) is 3. The van der Waals surface area contributed by atoms with Crippen molar-refractivity contribution in [2.75, 3.05) is 0 Å². The highest BCUT2D eigenvalue weighted by Gasteiger charge is 2.73. The quantitative estimate of drug-likeness (QED) is 0.671. The summed E-state index contributed by atoms with van der Waals surface area (Å²) in [5, 5.41) is 21.0. The van der Waals surface area contributed by atoms with Crippen LogP contribution >= 0.6 is 0 Å². The Hall–Kier alpha value is -2.57. The van der Waals surface area contributed by atoms with Gasteiger partial charge >= 0.3 is 5.97 Å². The number of hydrogen-bond acceptors (Lipinski definition) is 5. The second-order valence-corrected chi connectivity index (χ2v) is 7.52. The third-order valence-electron chi connectivity index (χ3n) is 6.60. The first-order valence-corrected chi connectivity index (χ1v) is 7.86. The monoisotopic (exact) mass is 327 g/mol. The average Bonchev–Trinajstić information content (AvgIpc) is 2.81. The zero-order valence-electron chi connectivity index (χ0n) is 13.7. The fourth-order valence-electron chi connectivity index (χ4n) is 4.68. The average molecular weight is 327 g/mol. The highest BCUT2D eigenvalue weighted by atomic mass is 16.6. The molecule has 1 aromatic carbocycles. The maximum absolute atomic E-state index is 12.2. The van der Waals surface area contributed by atoms with Crippen molar-refractivity contribution in [3.8, 4) is 0 Å². The van der Waals surface area contributed by atoms with Crippen LogP contribution in [0.1, 0.15) is 45.0 Å². The minimum Gasteiger partial charge on any atom is -0.481 e. The number of carboxylic acid groups (broad SMARTS) is 1. The molecule has 0 unspecified atom stereocenters. The minimum absolute atomic E-state index is 0.0743. The van der Waals surface area contributed by atoms with Gasteiger partial charge in [0.25, 0.3) is 5.69 Å². The summed E-state index contributed by atoms with van der Waals surface area (Å²) < 4.78 is 0. The van der Waals surface area contributed by atoms with Crippen molar-refractivity contribution in [2.24, 2.45) is 5.41 Å². The summed E-state index contributed by atoms with van der Waals surface area (Å²) in [5.74, 6) is -0.894. The first kappa shape index (κ1) is 15.0.